The fourth-order valence-electron chi connectivity index (χ4n) is 3.57. The van der Waals surface area contributed by atoms with Crippen LogP contribution in [0.5, 0.6) is 0 Å². The van der Waals surface area contributed by atoms with Gasteiger partial charge in [-0.2, -0.15) is 0 Å². The van der Waals surface area contributed by atoms with Crippen LogP contribution in [0, 0.1) is 5.92 Å². The van der Waals surface area contributed by atoms with Crippen molar-refractivity contribution in [3.8, 4) is 0 Å². The van der Waals surface area contributed by atoms with Gasteiger partial charge in [-0.05, 0) is 58.5 Å². The van der Waals surface area contributed by atoms with Crippen molar-refractivity contribution in [1.82, 2.24) is 10.2 Å². The maximum Gasteiger partial charge on any atom is 0.237 e. The van der Waals surface area contributed by atoms with Crippen molar-refractivity contribution in [2.75, 3.05) is 13.1 Å². The van der Waals surface area contributed by atoms with Gasteiger partial charge in [0.1, 0.15) is 0 Å². The molecule has 1 saturated heterocycles. The summed E-state index contributed by atoms with van der Waals surface area (Å²) in [6.07, 6.45) is 8.42. The highest BCUT2D eigenvalue weighted by molar-refractivity contribution is 5.81. The van der Waals surface area contributed by atoms with Gasteiger partial charge in [-0.25, -0.2) is 0 Å². The summed E-state index contributed by atoms with van der Waals surface area (Å²) in [5, 5.41) is 3.24. The van der Waals surface area contributed by atoms with E-state index in [1.165, 1.54) is 19.3 Å². The first-order chi connectivity index (χ1) is 9.58. The summed E-state index contributed by atoms with van der Waals surface area (Å²) >= 11 is 0. The van der Waals surface area contributed by atoms with Crippen molar-refractivity contribution in [1.29, 1.82) is 0 Å². The monoisotopic (exact) mass is 281 g/mol. The molecule has 0 aromatic rings. The highest BCUT2D eigenvalue weighted by Crippen LogP contribution is 2.22. The van der Waals surface area contributed by atoms with E-state index in [2.05, 4.69) is 17.1 Å². The van der Waals surface area contributed by atoms with E-state index in [1.54, 1.807) is 0 Å². The average Bonchev–Trinajstić information content (AvgIpc) is 2.47. The third-order valence-corrected chi connectivity index (χ3v) is 5.20. The molecular weight excluding hydrogens is 250 g/mol. The summed E-state index contributed by atoms with van der Waals surface area (Å²) < 4.78 is 0. The third kappa shape index (κ3) is 4.19. The number of rotatable bonds is 4. The Morgan fingerprint density at radius 3 is 2.25 bits per heavy atom. The first kappa shape index (κ1) is 15.8. The van der Waals surface area contributed by atoms with Crippen LogP contribution in [0.4, 0.5) is 0 Å². The highest BCUT2D eigenvalue weighted by atomic mass is 16.2. The largest absolute Gasteiger partial charge is 0.352 e. The second-order valence-electron chi connectivity index (χ2n) is 6.75. The Bertz CT molecular complexity index is 305. The molecule has 1 amide bonds. The molecule has 3 N–H and O–H groups in total. The number of hydrogen-bond donors (Lipinski definition) is 2. The summed E-state index contributed by atoms with van der Waals surface area (Å²) in [4.78, 5) is 14.7. The number of likely N-dealkylation sites (tertiary alicyclic amines) is 1. The minimum Gasteiger partial charge on any atom is -0.352 e. The molecule has 2 unspecified atom stereocenters. The smallest absolute Gasteiger partial charge is 0.237 e. The highest BCUT2D eigenvalue weighted by Gasteiger charge is 2.29. The standard InChI is InChI=1S/C16H31N3O/c1-12(17)14-8-10-19(11-9-14)13(2)16(20)18-15-6-4-3-5-7-15/h12-15H,3-11,17H2,1-2H3,(H,18,20). The zero-order valence-corrected chi connectivity index (χ0v) is 13.1. The van der Waals surface area contributed by atoms with Gasteiger partial charge in [0.05, 0.1) is 6.04 Å². The van der Waals surface area contributed by atoms with Gasteiger partial charge in [0, 0.05) is 12.1 Å². The normalized spacial score (nSPS) is 26.1. The molecule has 116 valence electrons. The second-order valence-corrected chi connectivity index (χ2v) is 6.75. The summed E-state index contributed by atoms with van der Waals surface area (Å²) in [6.45, 7) is 6.15. The quantitative estimate of drug-likeness (QED) is 0.827. The van der Waals surface area contributed by atoms with Crippen LogP contribution in [0.1, 0.15) is 58.8 Å². The first-order valence-electron chi connectivity index (χ1n) is 8.38. The molecule has 2 aliphatic rings. The summed E-state index contributed by atoms with van der Waals surface area (Å²) in [5.41, 5.74) is 5.97. The lowest BCUT2D eigenvalue weighted by atomic mass is 9.90. The van der Waals surface area contributed by atoms with Crippen molar-refractivity contribution < 1.29 is 4.79 Å². The average molecular weight is 281 g/mol. The van der Waals surface area contributed by atoms with Crippen molar-refractivity contribution in [2.45, 2.75) is 76.9 Å². The Morgan fingerprint density at radius 2 is 1.70 bits per heavy atom. The number of amides is 1. The molecule has 2 atom stereocenters. The molecule has 2 fully saturated rings. The summed E-state index contributed by atoms with van der Waals surface area (Å²) in [5.74, 6) is 0.844. The number of nitrogens with one attached hydrogen (secondary N) is 1. The Kier molecular flexibility index (Phi) is 5.85. The lowest BCUT2D eigenvalue weighted by Crippen LogP contribution is -2.51. The zero-order valence-electron chi connectivity index (χ0n) is 13.1. The molecule has 1 aliphatic heterocycles. The SMILES string of the molecule is CC(N)C1CCN(C(C)C(=O)NC2CCCCC2)CC1. The van der Waals surface area contributed by atoms with Crippen molar-refractivity contribution >= 4 is 5.91 Å². The van der Waals surface area contributed by atoms with Crippen LogP contribution >= 0.6 is 0 Å². The first-order valence-corrected chi connectivity index (χ1v) is 8.38. The fraction of sp³-hybridized carbons (Fsp3) is 0.938. The van der Waals surface area contributed by atoms with E-state index in [4.69, 9.17) is 5.73 Å². The number of carbonyl (C=O) groups is 1. The number of nitrogens with zero attached hydrogens (tertiary/aromatic N) is 1. The minimum atomic E-state index is 0.00552. The van der Waals surface area contributed by atoms with E-state index in [9.17, 15) is 4.79 Å². The molecule has 0 aromatic heterocycles. The molecule has 4 heteroatoms. The lowest BCUT2D eigenvalue weighted by molar-refractivity contribution is -0.127. The fourth-order valence-corrected chi connectivity index (χ4v) is 3.57. The predicted octanol–water partition coefficient (Wildman–Crippen LogP) is 1.88. The predicted molar refractivity (Wildman–Crippen MR) is 82.4 cm³/mol. The summed E-state index contributed by atoms with van der Waals surface area (Å²) in [6, 6.07) is 0.704. The minimum absolute atomic E-state index is 0.00552. The van der Waals surface area contributed by atoms with Gasteiger partial charge in [-0.15, -0.1) is 0 Å². The van der Waals surface area contributed by atoms with Crippen LogP contribution in [0.3, 0.4) is 0 Å². The molecule has 1 saturated carbocycles. The van der Waals surface area contributed by atoms with Gasteiger partial charge in [-0.3, -0.25) is 9.69 Å². The molecule has 0 spiro atoms. The van der Waals surface area contributed by atoms with Crippen LogP contribution in [-0.2, 0) is 4.79 Å². The van der Waals surface area contributed by atoms with Crippen LogP contribution in [-0.4, -0.2) is 42.0 Å². The second kappa shape index (κ2) is 7.41. The molecule has 1 heterocycles. The van der Waals surface area contributed by atoms with Crippen LogP contribution < -0.4 is 11.1 Å². The Labute approximate surface area is 123 Å². The van der Waals surface area contributed by atoms with E-state index in [0.717, 1.165) is 38.8 Å². The number of piperidine rings is 1. The van der Waals surface area contributed by atoms with Gasteiger partial charge in [0.15, 0.2) is 0 Å². The maximum absolute atomic E-state index is 12.3. The Hall–Kier alpha value is -0.610. The molecule has 0 bridgehead atoms. The molecule has 4 nitrogen and oxygen atoms in total. The van der Waals surface area contributed by atoms with E-state index in [-0.39, 0.29) is 18.0 Å². The van der Waals surface area contributed by atoms with Crippen LogP contribution in [0.25, 0.3) is 0 Å². The lowest BCUT2D eigenvalue weighted by Gasteiger charge is -2.37. The van der Waals surface area contributed by atoms with Crippen molar-refractivity contribution in [2.24, 2.45) is 11.7 Å². The number of hydrogen-bond acceptors (Lipinski definition) is 3. The zero-order chi connectivity index (χ0) is 14.5. The van der Waals surface area contributed by atoms with Gasteiger partial charge < -0.3 is 11.1 Å². The van der Waals surface area contributed by atoms with Gasteiger partial charge in [0.2, 0.25) is 5.91 Å². The van der Waals surface area contributed by atoms with E-state index < -0.39 is 0 Å². The Morgan fingerprint density at radius 1 is 1.10 bits per heavy atom. The van der Waals surface area contributed by atoms with E-state index in [1.807, 2.05) is 6.92 Å². The summed E-state index contributed by atoms with van der Waals surface area (Å²) in [7, 11) is 0. The van der Waals surface area contributed by atoms with Gasteiger partial charge in [-0.1, -0.05) is 19.3 Å². The molecule has 0 aromatic carbocycles. The maximum atomic E-state index is 12.3. The van der Waals surface area contributed by atoms with Gasteiger partial charge >= 0.3 is 0 Å². The topological polar surface area (TPSA) is 58.4 Å². The van der Waals surface area contributed by atoms with Crippen LogP contribution in [0.15, 0.2) is 0 Å². The molecular formula is C16H31N3O. The third-order valence-electron chi connectivity index (χ3n) is 5.20. The van der Waals surface area contributed by atoms with E-state index in [0.29, 0.717) is 12.0 Å². The molecule has 0 radical (unpaired) electrons. The molecule has 20 heavy (non-hydrogen) atoms. The number of carbonyl (C=O) groups excluding carboxylic acids is 1. The van der Waals surface area contributed by atoms with Crippen molar-refractivity contribution in [3.63, 3.8) is 0 Å². The molecule has 2 rings (SSSR count). The van der Waals surface area contributed by atoms with Gasteiger partial charge in [0.25, 0.3) is 0 Å². The Balaban J connectivity index is 1.76. The number of nitrogens with two attached hydrogens (primary N) is 1. The molecule has 1 aliphatic carbocycles. The van der Waals surface area contributed by atoms with Crippen LogP contribution in [0.2, 0.25) is 0 Å². The van der Waals surface area contributed by atoms with E-state index >= 15 is 0 Å². The van der Waals surface area contributed by atoms with Crippen molar-refractivity contribution in [3.05, 3.63) is 0 Å².